The van der Waals surface area contributed by atoms with Gasteiger partial charge in [0.1, 0.15) is 30.6 Å². The Morgan fingerprint density at radius 2 is 1.12 bits per heavy atom. The van der Waals surface area contributed by atoms with Crippen LogP contribution in [0.15, 0.2) is 0 Å². The van der Waals surface area contributed by atoms with Crippen molar-refractivity contribution in [3.8, 4) is 0 Å². The topological polar surface area (TPSA) is 244 Å². The summed E-state index contributed by atoms with van der Waals surface area (Å²) in [6.45, 7) is 9.67. The number of amides is 3. The van der Waals surface area contributed by atoms with Gasteiger partial charge in [0, 0.05) is 76.4 Å². The number of carbonyl (C=O) groups is 8. The van der Waals surface area contributed by atoms with Gasteiger partial charge >= 0.3 is 5.97 Å². The van der Waals surface area contributed by atoms with Gasteiger partial charge in [-0.25, -0.2) is 0 Å². The summed E-state index contributed by atoms with van der Waals surface area (Å²) in [6.07, 6.45) is 20.9. The number of carboxylic acids is 1. The average molecular weight is 982 g/mol. The van der Waals surface area contributed by atoms with Crippen molar-refractivity contribution in [1.29, 1.82) is 0 Å². The first kappa shape index (κ1) is 63.4. The normalized spacial score (nSPS) is 15.7. The van der Waals surface area contributed by atoms with Gasteiger partial charge < -0.3 is 40.4 Å². The van der Waals surface area contributed by atoms with Crippen LogP contribution in [0.5, 0.6) is 0 Å². The molecule has 5 N–H and O–H groups in total. The Hall–Kier alpha value is -3.60. The fourth-order valence-corrected chi connectivity index (χ4v) is 8.53. The Morgan fingerprint density at radius 1 is 0.565 bits per heavy atom. The molecule has 0 saturated heterocycles. The Morgan fingerprint density at radius 3 is 1.72 bits per heavy atom. The molecule has 0 aromatic heterocycles. The minimum absolute atomic E-state index is 0. The van der Waals surface area contributed by atoms with Gasteiger partial charge in [0.2, 0.25) is 17.7 Å². The predicted octanol–water partition coefficient (Wildman–Crippen LogP) is 8.06. The molecule has 0 heterocycles. The molecule has 1 unspecified atom stereocenters. The molecule has 1 fully saturated rings. The monoisotopic (exact) mass is 982 g/mol. The minimum Gasteiger partial charge on any atom is -0.481 e. The zero-order valence-electron chi connectivity index (χ0n) is 43.2. The number of Topliss-reactive ketones (excluding diaryl/α,β-unsaturated/α-hetero) is 4. The first-order valence-corrected chi connectivity index (χ1v) is 26.5. The lowest BCUT2D eigenvalue weighted by molar-refractivity contribution is -0.144. The maximum atomic E-state index is 13.4. The fraction of sp³-hybridized carbons (Fsp3) is 0.849. The molecule has 3 amide bonds. The van der Waals surface area contributed by atoms with Crippen LogP contribution in [0.4, 0.5) is 0 Å². The van der Waals surface area contributed by atoms with E-state index in [1.807, 2.05) is 20.8 Å². The summed E-state index contributed by atoms with van der Waals surface area (Å²) < 4.78 is 21.7. The van der Waals surface area contributed by atoms with Gasteiger partial charge in [-0.05, 0) is 44.9 Å². The van der Waals surface area contributed by atoms with E-state index in [0.29, 0.717) is 58.1 Å². The van der Waals surface area contributed by atoms with Crippen LogP contribution in [0, 0.1) is 29.1 Å². The molecule has 1 aliphatic carbocycles. The van der Waals surface area contributed by atoms with E-state index in [4.69, 9.17) is 24.7 Å². The Balaban J connectivity index is 0.0000476. The highest BCUT2D eigenvalue weighted by Gasteiger charge is 2.40. The molecule has 0 bridgehead atoms. The molecule has 0 aromatic rings. The van der Waals surface area contributed by atoms with Crippen molar-refractivity contribution in [3.05, 3.63) is 0 Å². The third kappa shape index (κ3) is 33.6. The molecular formula is C53H95N3O13. The number of nitrogens with one attached hydrogen (secondary N) is 2. The second-order valence-electron chi connectivity index (χ2n) is 20.0. The van der Waals surface area contributed by atoms with Gasteiger partial charge in [-0.3, -0.25) is 38.4 Å². The number of aliphatic carboxylic acids is 1. The quantitative estimate of drug-likeness (QED) is 0.0422. The van der Waals surface area contributed by atoms with Crippen molar-refractivity contribution in [1.82, 2.24) is 10.6 Å². The van der Waals surface area contributed by atoms with E-state index >= 15 is 0 Å². The Labute approximate surface area is 415 Å². The lowest BCUT2D eigenvalue weighted by Crippen LogP contribution is -2.36. The van der Waals surface area contributed by atoms with Crippen LogP contribution >= 0.6 is 0 Å². The van der Waals surface area contributed by atoms with Crippen molar-refractivity contribution in [2.45, 2.75) is 195 Å². The maximum Gasteiger partial charge on any atom is 0.306 e. The zero-order chi connectivity index (χ0) is 51.1. The summed E-state index contributed by atoms with van der Waals surface area (Å²) in [4.78, 5) is 99.0. The van der Waals surface area contributed by atoms with Crippen LogP contribution in [0.25, 0.3) is 0 Å². The lowest BCUT2D eigenvalue weighted by atomic mass is 9.77. The fourth-order valence-electron chi connectivity index (χ4n) is 8.53. The smallest absolute Gasteiger partial charge is 0.306 e. The summed E-state index contributed by atoms with van der Waals surface area (Å²) in [7, 11) is 0. The van der Waals surface area contributed by atoms with Gasteiger partial charge in [-0.15, -0.1) is 0 Å². The zero-order valence-corrected chi connectivity index (χ0v) is 43.2. The molecule has 0 aromatic carbocycles. The third-order valence-electron chi connectivity index (χ3n) is 12.9. The van der Waals surface area contributed by atoms with Crippen LogP contribution in [0.2, 0.25) is 0 Å². The van der Waals surface area contributed by atoms with Crippen LogP contribution in [0.1, 0.15) is 196 Å². The number of carbonyl (C=O) groups excluding carboxylic acids is 7. The molecule has 400 valence electrons. The number of unbranched alkanes of at least 4 members (excludes halogenated alkanes) is 13. The average Bonchev–Trinajstić information content (AvgIpc) is 3.81. The minimum atomic E-state index is -1.06. The second kappa shape index (κ2) is 40.0. The van der Waals surface area contributed by atoms with E-state index in [0.717, 1.165) is 25.7 Å². The van der Waals surface area contributed by atoms with E-state index in [9.17, 15) is 43.5 Å². The summed E-state index contributed by atoms with van der Waals surface area (Å²) in [5.41, 5.74) is 4.99. The van der Waals surface area contributed by atoms with E-state index in [1.165, 1.54) is 64.2 Å². The van der Waals surface area contributed by atoms with Crippen LogP contribution in [-0.4, -0.2) is 118 Å². The molecule has 0 spiro atoms. The molecule has 1 rings (SSSR count). The number of ether oxygens (including phenoxy) is 4. The highest BCUT2D eigenvalue weighted by Crippen LogP contribution is 2.36. The first-order valence-electron chi connectivity index (χ1n) is 26.5. The van der Waals surface area contributed by atoms with Crippen molar-refractivity contribution >= 4 is 46.8 Å². The highest BCUT2D eigenvalue weighted by atomic mass is 16.5. The number of ketones is 4. The van der Waals surface area contributed by atoms with E-state index < -0.39 is 41.0 Å². The summed E-state index contributed by atoms with van der Waals surface area (Å²) in [6, 6.07) is 0. The standard InChI is InChI=1S/C53H93N3O13.H2/c1-5-6-7-8-9-10-11-12-13-14-15-16-17-23-43(57)37-42(52(64)65)27-28-48(60)56-30-32-67-34-35-68-39-44(58)24-21-31-66-33-36-69-40-49(61)55-29-19-18-22-41(38-47(59)53(2,3)4)50(62)45-25-20-26-46(45)51(54)63;/h41-42,45-46H,5-40H2,1-4H3,(H2,54,63)(H,55,61)(H,56,60)(H,64,65);1H/t41-,42-,45?,46-;/m1./s1. The number of nitrogens with two attached hydrogens (primary N) is 1. The third-order valence-corrected chi connectivity index (χ3v) is 12.9. The largest absolute Gasteiger partial charge is 0.481 e. The molecule has 1 aliphatic rings. The van der Waals surface area contributed by atoms with Gasteiger partial charge in [0.05, 0.1) is 39.0 Å². The van der Waals surface area contributed by atoms with Crippen LogP contribution < -0.4 is 16.4 Å². The van der Waals surface area contributed by atoms with E-state index in [-0.39, 0.29) is 121 Å². The van der Waals surface area contributed by atoms with E-state index in [2.05, 4.69) is 17.6 Å². The summed E-state index contributed by atoms with van der Waals surface area (Å²) in [5.74, 6) is -4.52. The van der Waals surface area contributed by atoms with Crippen molar-refractivity contribution < 1.29 is 63.8 Å². The van der Waals surface area contributed by atoms with Crippen molar-refractivity contribution in [3.63, 3.8) is 0 Å². The lowest BCUT2D eigenvalue weighted by Gasteiger charge is -2.25. The number of hydrogen-bond acceptors (Lipinski definition) is 12. The maximum absolute atomic E-state index is 13.4. The SMILES string of the molecule is CCCCCCCCCCCCCCCC(=O)C[C@@H](CCC(=O)NCCOCCOCC(=O)CCCOCCOCC(=O)NCCCC[C@H](CC(=O)C(C)(C)C)C(=O)C1CCC[C@H]1C(N)=O)C(=O)O.[HH]. The first-order chi connectivity index (χ1) is 33.1. The van der Waals surface area contributed by atoms with Crippen molar-refractivity contribution in [2.75, 3.05) is 65.9 Å². The second-order valence-corrected chi connectivity index (χ2v) is 20.0. The van der Waals surface area contributed by atoms with Gasteiger partial charge in [0.25, 0.3) is 0 Å². The predicted molar refractivity (Wildman–Crippen MR) is 267 cm³/mol. The highest BCUT2D eigenvalue weighted by molar-refractivity contribution is 5.94. The van der Waals surface area contributed by atoms with Gasteiger partial charge in [-0.1, -0.05) is 118 Å². The number of primary amides is 1. The summed E-state index contributed by atoms with van der Waals surface area (Å²) >= 11 is 0. The number of rotatable bonds is 47. The van der Waals surface area contributed by atoms with Gasteiger partial charge in [-0.2, -0.15) is 0 Å². The van der Waals surface area contributed by atoms with E-state index in [1.54, 1.807) is 0 Å². The van der Waals surface area contributed by atoms with Gasteiger partial charge in [0.15, 0.2) is 5.78 Å². The molecule has 0 aliphatic heterocycles. The Bertz CT molecular complexity index is 1490. The Kier molecular flexibility index (Phi) is 36.8. The molecule has 4 atom stereocenters. The van der Waals surface area contributed by atoms with Crippen molar-refractivity contribution in [2.24, 2.45) is 34.8 Å². The van der Waals surface area contributed by atoms with Crippen LogP contribution in [0.3, 0.4) is 0 Å². The molecule has 69 heavy (non-hydrogen) atoms. The molecule has 0 radical (unpaired) electrons. The summed E-state index contributed by atoms with van der Waals surface area (Å²) in [5, 5.41) is 15.1. The molecular weight excluding hydrogens is 887 g/mol. The molecule has 16 nitrogen and oxygen atoms in total. The molecule has 1 saturated carbocycles. The number of hydrogen-bond donors (Lipinski definition) is 4. The number of carboxylic acid groups (broad SMARTS) is 1. The molecule has 16 heteroatoms. The van der Waals surface area contributed by atoms with Crippen LogP contribution in [-0.2, 0) is 57.3 Å².